The van der Waals surface area contributed by atoms with Gasteiger partial charge in [-0.3, -0.25) is 9.59 Å². The highest BCUT2D eigenvalue weighted by Gasteiger charge is 2.46. The van der Waals surface area contributed by atoms with E-state index in [1.165, 1.54) is 16.9 Å². The van der Waals surface area contributed by atoms with Gasteiger partial charge in [0, 0.05) is 23.5 Å². The van der Waals surface area contributed by atoms with E-state index in [1.807, 2.05) is 42.6 Å². The minimum atomic E-state index is -0.648. The van der Waals surface area contributed by atoms with Gasteiger partial charge in [0.05, 0.1) is 11.6 Å². The molecule has 0 radical (unpaired) electrons. The molecule has 2 heterocycles. The summed E-state index contributed by atoms with van der Waals surface area (Å²) in [4.78, 5) is 30.8. The maximum absolute atomic E-state index is 13.1. The smallest absolute Gasteiger partial charge is 0.295 e. The number of carbonyl (C=O) groups is 2. The van der Waals surface area contributed by atoms with Crippen molar-refractivity contribution in [3.05, 3.63) is 93.2 Å². The molecule has 1 N–H and O–H groups in total. The molecule has 4 rings (SSSR count). The Morgan fingerprint density at radius 3 is 2.44 bits per heavy atom. The fourth-order valence-electron chi connectivity index (χ4n) is 4.48. The summed E-state index contributed by atoms with van der Waals surface area (Å²) in [5, 5.41) is 13.1. The summed E-state index contributed by atoms with van der Waals surface area (Å²) in [5.41, 5.74) is 2.85. The molecule has 1 aliphatic heterocycles. The molecule has 0 unspecified atom stereocenters. The predicted molar refractivity (Wildman–Crippen MR) is 143 cm³/mol. The van der Waals surface area contributed by atoms with E-state index in [0.29, 0.717) is 31.0 Å². The lowest BCUT2D eigenvalue weighted by atomic mass is 10.00. The Balaban J connectivity index is 1.59. The van der Waals surface area contributed by atoms with Crippen molar-refractivity contribution >= 4 is 28.8 Å². The Bertz CT molecular complexity index is 1230. The van der Waals surface area contributed by atoms with Gasteiger partial charge in [-0.05, 0) is 61.3 Å². The highest BCUT2D eigenvalue weighted by atomic mass is 32.1. The molecule has 36 heavy (non-hydrogen) atoms. The summed E-state index contributed by atoms with van der Waals surface area (Å²) in [5.74, 6) is -0.727. The van der Waals surface area contributed by atoms with E-state index >= 15 is 0 Å². The summed E-state index contributed by atoms with van der Waals surface area (Å²) < 4.78 is 5.89. The first-order valence-corrected chi connectivity index (χ1v) is 13.1. The molecule has 1 saturated heterocycles. The SMILES string of the molecule is CCN(CC)CCN1C(=O)C(=O)C(=C(O)c2ccc(OCc3cccc(C)c3)cc2)[C@H]1c1cccs1. The topological polar surface area (TPSA) is 70.1 Å². The van der Waals surface area contributed by atoms with Gasteiger partial charge < -0.3 is 19.6 Å². The van der Waals surface area contributed by atoms with Crippen molar-refractivity contribution in [2.75, 3.05) is 26.2 Å². The first kappa shape index (κ1) is 25.7. The molecule has 1 fully saturated rings. The third-order valence-corrected chi connectivity index (χ3v) is 7.44. The van der Waals surface area contributed by atoms with E-state index in [4.69, 9.17) is 4.74 Å². The highest BCUT2D eigenvalue weighted by molar-refractivity contribution is 7.10. The lowest BCUT2D eigenvalue weighted by Crippen LogP contribution is -2.37. The number of Topliss-reactive ketones (excluding diaryl/α,β-unsaturated/α-hetero) is 1. The Kier molecular flexibility index (Phi) is 8.23. The van der Waals surface area contributed by atoms with Crippen LogP contribution in [0.3, 0.4) is 0 Å². The van der Waals surface area contributed by atoms with Crippen molar-refractivity contribution in [2.45, 2.75) is 33.4 Å². The number of aliphatic hydroxyl groups excluding tert-OH is 1. The molecular weight excluding hydrogens is 472 g/mol. The van der Waals surface area contributed by atoms with Crippen LogP contribution in [0.25, 0.3) is 5.76 Å². The van der Waals surface area contributed by atoms with E-state index in [2.05, 4.69) is 24.8 Å². The summed E-state index contributed by atoms with van der Waals surface area (Å²) in [6.07, 6.45) is 0. The number of aryl methyl sites for hydroxylation is 1. The van der Waals surface area contributed by atoms with E-state index in [0.717, 1.165) is 23.5 Å². The molecule has 2 aromatic carbocycles. The molecule has 0 saturated carbocycles. The molecule has 0 spiro atoms. The van der Waals surface area contributed by atoms with Crippen molar-refractivity contribution in [3.63, 3.8) is 0 Å². The first-order valence-electron chi connectivity index (χ1n) is 12.3. The standard InChI is InChI=1S/C29H32N2O4S/c1-4-30(5-2)15-16-31-26(24-10-7-17-36-24)25(28(33)29(31)34)27(32)22-11-13-23(14-12-22)35-19-21-9-6-8-20(3)18-21/h6-14,17-18,26,32H,4-5,15-16,19H2,1-3H3/t26-/m1/s1. The number of hydrogen-bond acceptors (Lipinski definition) is 6. The summed E-state index contributed by atoms with van der Waals surface area (Å²) >= 11 is 1.47. The van der Waals surface area contributed by atoms with Crippen LogP contribution in [-0.2, 0) is 16.2 Å². The van der Waals surface area contributed by atoms with Crippen LogP contribution in [0.1, 0.15) is 41.5 Å². The second-order valence-corrected chi connectivity index (χ2v) is 9.82. The van der Waals surface area contributed by atoms with Crippen LogP contribution < -0.4 is 4.74 Å². The van der Waals surface area contributed by atoms with Crippen molar-refractivity contribution in [1.29, 1.82) is 0 Å². The Labute approximate surface area is 216 Å². The molecule has 3 aromatic rings. The van der Waals surface area contributed by atoms with Gasteiger partial charge in [-0.1, -0.05) is 49.7 Å². The third-order valence-electron chi connectivity index (χ3n) is 6.52. The van der Waals surface area contributed by atoms with Gasteiger partial charge in [0.2, 0.25) is 0 Å². The fraction of sp³-hybridized carbons (Fsp3) is 0.310. The Morgan fingerprint density at radius 1 is 1.06 bits per heavy atom. The fourth-order valence-corrected chi connectivity index (χ4v) is 5.32. The number of aliphatic hydroxyl groups is 1. The number of likely N-dealkylation sites (N-methyl/N-ethyl adjacent to an activating group) is 1. The summed E-state index contributed by atoms with van der Waals surface area (Å²) in [6.45, 7) is 9.42. The Morgan fingerprint density at radius 2 is 1.81 bits per heavy atom. The zero-order chi connectivity index (χ0) is 25.7. The number of likely N-dealkylation sites (tertiary alicyclic amines) is 1. The predicted octanol–water partition coefficient (Wildman–Crippen LogP) is 5.40. The largest absolute Gasteiger partial charge is 0.507 e. The number of nitrogens with zero attached hydrogens (tertiary/aromatic N) is 2. The molecule has 0 aliphatic carbocycles. The zero-order valence-electron chi connectivity index (χ0n) is 20.9. The van der Waals surface area contributed by atoms with Crippen molar-refractivity contribution < 1.29 is 19.4 Å². The van der Waals surface area contributed by atoms with Gasteiger partial charge in [-0.25, -0.2) is 0 Å². The van der Waals surface area contributed by atoms with E-state index < -0.39 is 17.7 Å². The van der Waals surface area contributed by atoms with Gasteiger partial charge in [0.15, 0.2) is 0 Å². The molecule has 7 heteroatoms. The number of ether oxygens (including phenoxy) is 1. The zero-order valence-corrected chi connectivity index (χ0v) is 21.8. The van der Waals surface area contributed by atoms with Gasteiger partial charge in [0.1, 0.15) is 18.1 Å². The van der Waals surface area contributed by atoms with Crippen LogP contribution in [-0.4, -0.2) is 52.8 Å². The van der Waals surface area contributed by atoms with E-state index in [9.17, 15) is 14.7 Å². The molecule has 1 aromatic heterocycles. The minimum Gasteiger partial charge on any atom is -0.507 e. The molecule has 1 atom stereocenters. The maximum atomic E-state index is 13.1. The molecule has 0 bridgehead atoms. The number of carbonyl (C=O) groups excluding carboxylic acids is 2. The van der Waals surface area contributed by atoms with Gasteiger partial charge in [-0.15, -0.1) is 11.3 Å². The number of rotatable bonds is 10. The minimum absolute atomic E-state index is 0.135. The lowest BCUT2D eigenvalue weighted by Gasteiger charge is -2.27. The van der Waals surface area contributed by atoms with Gasteiger partial charge in [-0.2, -0.15) is 0 Å². The van der Waals surface area contributed by atoms with Crippen LogP contribution in [0.5, 0.6) is 5.75 Å². The third kappa shape index (κ3) is 5.53. The van der Waals surface area contributed by atoms with Crippen LogP contribution >= 0.6 is 11.3 Å². The number of ketones is 1. The number of amides is 1. The highest BCUT2D eigenvalue weighted by Crippen LogP contribution is 2.41. The van der Waals surface area contributed by atoms with Crippen molar-refractivity contribution in [1.82, 2.24) is 9.80 Å². The summed E-state index contributed by atoms with van der Waals surface area (Å²) in [6, 6.07) is 18.3. The number of thiophene rings is 1. The van der Waals surface area contributed by atoms with Crippen LogP contribution in [0.2, 0.25) is 0 Å². The van der Waals surface area contributed by atoms with Crippen molar-refractivity contribution in [3.8, 4) is 5.75 Å². The molecule has 1 amide bonds. The monoisotopic (exact) mass is 504 g/mol. The number of benzene rings is 2. The summed E-state index contributed by atoms with van der Waals surface area (Å²) in [7, 11) is 0. The quantitative estimate of drug-likeness (QED) is 0.227. The van der Waals surface area contributed by atoms with E-state index in [1.54, 1.807) is 29.2 Å². The van der Waals surface area contributed by atoms with Crippen LogP contribution in [0.15, 0.2) is 71.6 Å². The molecule has 6 nitrogen and oxygen atoms in total. The average Bonchev–Trinajstić information content (AvgIpc) is 3.50. The number of hydrogen-bond donors (Lipinski definition) is 1. The first-order chi connectivity index (χ1) is 17.4. The Hall–Kier alpha value is -3.42. The molecule has 188 valence electrons. The van der Waals surface area contributed by atoms with Gasteiger partial charge >= 0.3 is 0 Å². The molecular formula is C29H32N2O4S. The van der Waals surface area contributed by atoms with Crippen LogP contribution in [0.4, 0.5) is 0 Å². The van der Waals surface area contributed by atoms with Crippen LogP contribution in [0, 0.1) is 6.92 Å². The van der Waals surface area contributed by atoms with E-state index in [-0.39, 0.29) is 11.3 Å². The van der Waals surface area contributed by atoms with Gasteiger partial charge in [0.25, 0.3) is 11.7 Å². The average molecular weight is 505 g/mol. The second kappa shape index (κ2) is 11.5. The molecule has 1 aliphatic rings. The second-order valence-electron chi connectivity index (χ2n) is 8.84. The lowest BCUT2D eigenvalue weighted by molar-refractivity contribution is -0.140. The van der Waals surface area contributed by atoms with Crippen molar-refractivity contribution in [2.24, 2.45) is 0 Å². The normalized spacial score (nSPS) is 17.2. The maximum Gasteiger partial charge on any atom is 0.295 e.